The van der Waals surface area contributed by atoms with E-state index in [1.165, 1.54) is 0 Å². The number of para-hydroxylation sites is 1. The van der Waals surface area contributed by atoms with E-state index in [0.29, 0.717) is 25.3 Å². The minimum absolute atomic E-state index is 0.0521. The van der Waals surface area contributed by atoms with E-state index in [1.54, 1.807) is 6.07 Å². The molecule has 0 unspecified atom stereocenters. The van der Waals surface area contributed by atoms with Crippen molar-refractivity contribution < 1.29 is 14.6 Å². The Balaban J connectivity index is 1.73. The fourth-order valence-electron chi connectivity index (χ4n) is 3.63. The zero-order valence-electron chi connectivity index (χ0n) is 15.9. The van der Waals surface area contributed by atoms with Gasteiger partial charge in [-0.15, -0.1) is 0 Å². The molecule has 1 saturated heterocycles. The topological polar surface area (TPSA) is 61.8 Å². The first-order chi connectivity index (χ1) is 13.6. The SMILES string of the molecule is Cc1ccccc1NC(=O)c1cc2ccccc2c(CN2CCOCC2)c1O. The number of benzene rings is 3. The molecule has 144 valence electrons. The van der Waals surface area contributed by atoms with E-state index in [1.807, 2.05) is 55.5 Å². The van der Waals surface area contributed by atoms with Gasteiger partial charge in [0.2, 0.25) is 0 Å². The highest BCUT2D eigenvalue weighted by atomic mass is 16.5. The van der Waals surface area contributed by atoms with Crippen LogP contribution in [0.15, 0.2) is 54.6 Å². The maximum Gasteiger partial charge on any atom is 0.259 e. The summed E-state index contributed by atoms with van der Waals surface area (Å²) in [5.41, 5.74) is 2.81. The Morgan fingerprint density at radius 1 is 1.11 bits per heavy atom. The lowest BCUT2D eigenvalue weighted by Crippen LogP contribution is -2.35. The molecule has 1 fully saturated rings. The van der Waals surface area contributed by atoms with E-state index >= 15 is 0 Å². The van der Waals surface area contributed by atoms with Gasteiger partial charge in [0.05, 0.1) is 18.8 Å². The second kappa shape index (κ2) is 8.00. The summed E-state index contributed by atoms with van der Waals surface area (Å²) in [6, 6.07) is 17.3. The van der Waals surface area contributed by atoms with Crippen LogP contribution in [0, 0.1) is 6.92 Å². The Morgan fingerprint density at radius 2 is 1.82 bits per heavy atom. The molecule has 1 aliphatic rings. The number of phenolic OH excluding ortho intramolecular Hbond substituents is 1. The number of carbonyl (C=O) groups excluding carboxylic acids is 1. The monoisotopic (exact) mass is 376 g/mol. The zero-order valence-corrected chi connectivity index (χ0v) is 15.9. The van der Waals surface area contributed by atoms with Gasteiger partial charge < -0.3 is 15.2 Å². The predicted molar refractivity (Wildman–Crippen MR) is 111 cm³/mol. The van der Waals surface area contributed by atoms with Gasteiger partial charge >= 0.3 is 0 Å². The van der Waals surface area contributed by atoms with Crippen molar-refractivity contribution in [3.8, 4) is 5.75 Å². The van der Waals surface area contributed by atoms with Crippen molar-refractivity contribution in [1.29, 1.82) is 0 Å². The van der Waals surface area contributed by atoms with Gasteiger partial charge in [-0.2, -0.15) is 0 Å². The van der Waals surface area contributed by atoms with Gasteiger partial charge in [-0.25, -0.2) is 0 Å². The fourth-order valence-corrected chi connectivity index (χ4v) is 3.63. The van der Waals surface area contributed by atoms with Crippen LogP contribution in [0.3, 0.4) is 0 Å². The molecule has 3 aromatic rings. The number of rotatable bonds is 4. The van der Waals surface area contributed by atoms with Crippen molar-refractivity contribution in [2.24, 2.45) is 0 Å². The number of morpholine rings is 1. The first kappa shape index (κ1) is 18.5. The van der Waals surface area contributed by atoms with Crippen LogP contribution in [-0.2, 0) is 11.3 Å². The number of amides is 1. The average molecular weight is 376 g/mol. The number of nitrogens with one attached hydrogen (secondary N) is 1. The predicted octanol–water partition coefficient (Wildman–Crippen LogP) is 3.94. The molecule has 0 aliphatic carbocycles. The van der Waals surface area contributed by atoms with Crippen LogP contribution >= 0.6 is 0 Å². The maximum absolute atomic E-state index is 13.0. The number of aromatic hydroxyl groups is 1. The van der Waals surface area contributed by atoms with Gasteiger partial charge in [-0.05, 0) is 35.4 Å². The summed E-state index contributed by atoms with van der Waals surface area (Å²) >= 11 is 0. The third kappa shape index (κ3) is 3.72. The second-order valence-corrected chi connectivity index (χ2v) is 7.13. The van der Waals surface area contributed by atoms with E-state index in [0.717, 1.165) is 40.7 Å². The van der Waals surface area contributed by atoms with Crippen molar-refractivity contribution in [1.82, 2.24) is 4.90 Å². The lowest BCUT2D eigenvalue weighted by Gasteiger charge is -2.27. The first-order valence-corrected chi connectivity index (χ1v) is 9.54. The van der Waals surface area contributed by atoms with Crippen LogP contribution in [0.4, 0.5) is 5.69 Å². The van der Waals surface area contributed by atoms with E-state index < -0.39 is 0 Å². The molecule has 1 heterocycles. The molecule has 1 amide bonds. The van der Waals surface area contributed by atoms with E-state index in [4.69, 9.17) is 4.74 Å². The number of nitrogens with zero attached hydrogens (tertiary/aromatic N) is 1. The second-order valence-electron chi connectivity index (χ2n) is 7.13. The number of carbonyl (C=O) groups is 1. The van der Waals surface area contributed by atoms with Gasteiger partial charge in [0.1, 0.15) is 5.75 Å². The Morgan fingerprint density at radius 3 is 2.61 bits per heavy atom. The first-order valence-electron chi connectivity index (χ1n) is 9.54. The number of hydrogen-bond donors (Lipinski definition) is 2. The number of hydrogen-bond acceptors (Lipinski definition) is 4. The third-order valence-corrected chi connectivity index (χ3v) is 5.25. The maximum atomic E-state index is 13.0. The van der Waals surface area contributed by atoms with Crippen molar-refractivity contribution in [2.75, 3.05) is 31.6 Å². The van der Waals surface area contributed by atoms with Crippen LogP contribution in [-0.4, -0.2) is 42.2 Å². The highest BCUT2D eigenvalue weighted by Gasteiger charge is 2.21. The number of ether oxygens (including phenoxy) is 1. The molecule has 2 N–H and O–H groups in total. The third-order valence-electron chi connectivity index (χ3n) is 5.25. The van der Waals surface area contributed by atoms with Gasteiger partial charge in [-0.3, -0.25) is 9.69 Å². The van der Waals surface area contributed by atoms with E-state index in [9.17, 15) is 9.90 Å². The summed E-state index contributed by atoms with van der Waals surface area (Å²) in [7, 11) is 0. The standard InChI is InChI=1S/C23H24N2O3/c1-16-6-2-5-9-21(16)24-23(27)19-14-17-7-3-4-8-18(17)20(22(19)26)15-25-10-12-28-13-11-25/h2-9,14,26H,10-13,15H2,1H3,(H,24,27). The molecule has 4 rings (SSSR count). The highest BCUT2D eigenvalue weighted by Crippen LogP contribution is 2.33. The number of aryl methyl sites for hydroxylation is 1. The van der Waals surface area contributed by atoms with Gasteiger partial charge in [0.25, 0.3) is 5.91 Å². The summed E-state index contributed by atoms with van der Waals surface area (Å²) in [5.74, 6) is -0.253. The minimum Gasteiger partial charge on any atom is -0.507 e. The molecule has 28 heavy (non-hydrogen) atoms. The van der Waals surface area contributed by atoms with Gasteiger partial charge in [0, 0.05) is 30.9 Å². The molecule has 0 spiro atoms. The molecular formula is C23H24N2O3. The van der Waals surface area contributed by atoms with Crippen LogP contribution < -0.4 is 5.32 Å². The van der Waals surface area contributed by atoms with Crippen molar-refractivity contribution in [3.63, 3.8) is 0 Å². The van der Waals surface area contributed by atoms with Crippen LogP contribution in [0.1, 0.15) is 21.5 Å². The molecule has 3 aromatic carbocycles. The minimum atomic E-state index is -0.305. The lowest BCUT2D eigenvalue weighted by atomic mass is 9.98. The average Bonchev–Trinajstić information content (AvgIpc) is 2.72. The summed E-state index contributed by atoms with van der Waals surface area (Å²) in [5, 5.41) is 15.9. The van der Waals surface area contributed by atoms with Crippen molar-refractivity contribution >= 4 is 22.4 Å². The number of fused-ring (bicyclic) bond motifs is 1. The summed E-state index contributed by atoms with van der Waals surface area (Å²) in [6.07, 6.45) is 0. The van der Waals surface area contributed by atoms with Gasteiger partial charge in [-0.1, -0.05) is 42.5 Å². The molecule has 0 atom stereocenters. The summed E-state index contributed by atoms with van der Waals surface area (Å²) in [4.78, 5) is 15.2. The lowest BCUT2D eigenvalue weighted by molar-refractivity contribution is 0.0340. The normalized spacial score (nSPS) is 14.9. The quantitative estimate of drug-likeness (QED) is 0.724. The molecule has 5 heteroatoms. The largest absolute Gasteiger partial charge is 0.507 e. The number of phenols is 1. The molecule has 1 aliphatic heterocycles. The molecule has 0 radical (unpaired) electrons. The highest BCUT2D eigenvalue weighted by molar-refractivity contribution is 6.09. The van der Waals surface area contributed by atoms with E-state index in [-0.39, 0.29) is 11.7 Å². The Hall–Kier alpha value is -2.89. The molecule has 0 saturated carbocycles. The van der Waals surface area contributed by atoms with Crippen LogP contribution in [0.5, 0.6) is 5.75 Å². The van der Waals surface area contributed by atoms with Crippen molar-refractivity contribution in [2.45, 2.75) is 13.5 Å². The Labute approximate surface area is 164 Å². The Bertz CT molecular complexity index is 1010. The molecule has 5 nitrogen and oxygen atoms in total. The molecule has 0 bridgehead atoms. The van der Waals surface area contributed by atoms with Gasteiger partial charge in [0.15, 0.2) is 0 Å². The Kier molecular flexibility index (Phi) is 5.28. The summed E-state index contributed by atoms with van der Waals surface area (Å²) < 4.78 is 5.43. The smallest absolute Gasteiger partial charge is 0.259 e. The van der Waals surface area contributed by atoms with Crippen LogP contribution in [0.25, 0.3) is 10.8 Å². The van der Waals surface area contributed by atoms with E-state index in [2.05, 4.69) is 10.2 Å². The molecular weight excluding hydrogens is 352 g/mol. The zero-order chi connectivity index (χ0) is 19.5. The van der Waals surface area contributed by atoms with Crippen LogP contribution in [0.2, 0.25) is 0 Å². The summed E-state index contributed by atoms with van der Waals surface area (Å²) in [6.45, 7) is 5.53. The van der Waals surface area contributed by atoms with Crippen molar-refractivity contribution in [3.05, 3.63) is 71.3 Å². The number of anilines is 1. The molecule has 0 aromatic heterocycles. The fraction of sp³-hybridized carbons (Fsp3) is 0.261.